The summed E-state index contributed by atoms with van der Waals surface area (Å²) in [6.45, 7) is 2.45. The zero-order valence-corrected chi connectivity index (χ0v) is 14.9. The number of unbranched alkanes of at least 4 members (excludes halogenated alkanes) is 8. The molecular weight excluding hydrogens is 385 g/mol. The maximum Gasteiger partial charge on any atom is 0.458 e. The van der Waals surface area contributed by atoms with Crippen LogP contribution in [-0.2, 0) is 9.53 Å². The van der Waals surface area contributed by atoms with Crippen LogP contribution in [-0.4, -0.2) is 35.9 Å². The predicted molar refractivity (Wildman–Crippen MR) is 84.8 cm³/mol. The molecule has 3 nitrogen and oxygen atoms in total. The van der Waals surface area contributed by atoms with Crippen LogP contribution in [0.1, 0.15) is 64.2 Å². The topological polar surface area (TPSA) is 46.5 Å². The molecule has 27 heavy (non-hydrogen) atoms. The summed E-state index contributed by atoms with van der Waals surface area (Å²) in [5.74, 6) is -6.64. The molecule has 0 aliphatic rings. The van der Waals surface area contributed by atoms with E-state index in [1.165, 1.54) is 0 Å². The van der Waals surface area contributed by atoms with E-state index in [1.54, 1.807) is 0 Å². The zero-order chi connectivity index (χ0) is 21.1. The van der Waals surface area contributed by atoms with Crippen LogP contribution in [0.2, 0.25) is 0 Å². The summed E-state index contributed by atoms with van der Waals surface area (Å²) >= 11 is 0. The van der Waals surface area contributed by atoms with Gasteiger partial charge in [0.25, 0.3) is 0 Å². The first-order valence-electron chi connectivity index (χ1n) is 8.70. The molecule has 0 atom stereocenters. The van der Waals surface area contributed by atoms with Gasteiger partial charge >= 0.3 is 24.2 Å². The molecule has 0 fully saturated rings. The molecule has 0 saturated carbocycles. The average molecular weight is 410 g/mol. The Balaban J connectivity index is 3.73. The minimum absolute atomic E-state index is 0.102. The number of carboxylic acid groups (broad SMARTS) is 1. The monoisotopic (exact) mass is 410 g/mol. The van der Waals surface area contributed by atoms with E-state index in [1.807, 2.05) is 0 Å². The fraction of sp³-hybridized carbons (Fsp3) is 0.824. The third-order valence-corrected chi connectivity index (χ3v) is 3.96. The standard InChI is InChI=1S/C17H25F7O3/c1-13(14(25)26)11-9-7-5-3-2-4-6-8-10-12-27-15(18,16(19,20)21)17(22,23)24/h1-12H2,(H,25,26). The van der Waals surface area contributed by atoms with Crippen molar-refractivity contribution in [3.05, 3.63) is 12.2 Å². The number of ether oxygens (including phenoxy) is 1. The quantitative estimate of drug-likeness (QED) is 0.207. The Kier molecular flexibility index (Phi) is 10.9. The van der Waals surface area contributed by atoms with E-state index in [9.17, 15) is 35.5 Å². The summed E-state index contributed by atoms with van der Waals surface area (Å²) in [7, 11) is 0. The molecule has 0 radical (unpaired) electrons. The van der Waals surface area contributed by atoms with Crippen LogP contribution in [0.15, 0.2) is 12.2 Å². The molecule has 0 rings (SSSR count). The largest absolute Gasteiger partial charge is 0.478 e. The molecule has 0 unspecified atom stereocenters. The number of carboxylic acids is 1. The lowest BCUT2D eigenvalue weighted by Gasteiger charge is -2.29. The fourth-order valence-corrected chi connectivity index (χ4v) is 2.32. The molecule has 0 bridgehead atoms. The highest BCUT2D eigenvalue weighted by atomic mass is 19.4. The molecule has 0 aromatic heterocycles. The number of carbonyl (C=O) groups is 1. The second kappa shape index (κ2) is 11.5. The first-order chi connectivity index (χ1) is 12.3. The third-order valence-electron chi connectivity index (χ3n) is 3.96. The van der Waals surface area contributed by atoms with Crippen LogP contribution in [0.5, 0.6) is 0 Å². The summed E-state index contributed by atoms with van der Waals surface area (Å²) in [5.41, 5.74) is 0.172. The first-order valence-corrected chi connectivity index (χ1v) is 8.70. The molecule has 10 heteroatoms. The predicted octanol–water partition coefficient (Wildman–Crippen LogP) is 6.34. The molecule has 0 aliphatic heterocycles. The zero-order valence-electron chi connectivity index (χ0n) is 14.9. The van der Waals surface area contributed by atoms with Gasteiger partial charge in [0.2, 0.25) is 0 Å². The molecule has 160 valence electrons. The van der Waals surface area contributed by atoms with Crippen molar-refractivity contribution >= 4 is 5.97 Å². The van der Waals surface area contributed by atoms with Crippen molar-refractivity contribution in [2.75, 3.05) is 6.61 Å². The van der Waals surface area contributed by atoms with Crippen LogP contribution < -0.4 is 0 Å². The number of hydrogen-bond donors (Lipinski definition) is 1. The highest BCUT2D eigenvalue weighted by Crippen LogP contribution is 2.47. The lowest BCUT2D eigenvalue weighted by Crippen LogP contribution is -2.55. The van der Waals surface area contributed by atoms with Crippen LogP contribution in [0.4, 0.5) is 30.7 Å². The molecule has 0 aromatic carbocycles. The van der Waals surface area contributed by atoms with E-state index < -0.39 is 30.8 Å². The van der Waals surface area contributed by atoms with Gasteiger partial charge in [0.05, 0.1) is 6.61 Å². The number of aliphatic carboxylic acids is 1. The van der Waals surface area contributed by atoms with E-state index >= 15 is 0 Å². The maximum absolute atomic E-state index is 13.2. The van der Waals surface area contributed by atoms with E-state index in [2.05, 4.69) is 11.3 Å². The summed E-state index contributed by atoms with van der Waals surface area (Å²) in [4.78, 5) is 10.5. The fourth-order valence-electron chi connectivity index (χ4n) is 2.32. The van der Waals surface area contributed by atoms with Crippen molar-refractivity contribution in [2.45, 2.75) is 82.4 Å². The molecular formula is C17H25F7O3. The molecule has 0 spiro atoms. The summed E-state index contributed by atoms with van der Waals surface area (Å²) < 4.78 is 90.1. The van der Waals surface area contributed by atoms with Crippen LogP contribution in [0.25, 0.3) is 0 Å². The van der Waals surface area contributed by atoms with Crippen LogP contribution >= 0.6 is 0 Å². The lowest BCUT2D eigenvalue weighted by molar-refractivity contribution is -0.430. The van der Waals surface area contributed by atoms with E-state index in [0.717, 1.165) is 38.5 Å². The van der Waals surface area contributed by atoms with E-state index in [-0.39, 0.29) is 12.0 Å². The van der Waals surface area contributed by atoms with Gasteiger partial charge in [-0.05, 0) is 19.3 Å². The van der Waals surface area contributed by atoms with Gasteiger partial charge in [-0.3, -0.25) is 0 Å². The average Bonchev–Trinajstić information content (AvgIpc) is 2.53. The smallest absolute Gasteiger partial charge is 0.458 e. The Labute approximate surface area is 153 Å². The number of rotatable bonds is 14. The van der Waals surface area contributed by atoms with Gasteiger partial charge in [-0.2, -0.15) is 30.7 Å². The van der Waals surface area contributed by atoms with Gasteiger partial charge in [-0.25, -0.2) is 4.79 Å². The van der Waals surface area contributed by atoms with Gasteiger partial charge in [0.15, 0.2) is 0 Å². The van der Waals surface area contributed by atoms with Gasteiger partial charge in [0, 0.05) is 5.57 Å². The first kappa shape index (κ1) is 25.7. The Bertz CT molecular complexity index is 444. The number of halogens is 7. The normalized spacial score (nSPS) is 13.0. The Morgan fingerprint density at radius 1 is 0.741 bits per heavy atom. The van der Waals surface area contributed by atoms with Crippen molar-refractivity contribution in [2.24, 2.45) is 0 Å². The van der Waals surface area contributed by atoms with Crippen LogP contribution in [0, 0.1) is 0 Å². The van der Waals surface area contributed by atoms with Gasteiger partial charge in [-0.1, -0.05) is 51.5 Å². The summed E-state index contributed by atoms with van der Waals surface area (Å²) in [6, 6.07) is 0. The maximum atomic E-state index is 13.2. The molecule has 0 amide bonds. The Morgan fingerprint density at radius 2 is 1.11 bits per heavy atom. The second-order valence-corrected chi connectivity index (χ2v) is 6.28. The van der Waals surface area contributed by atoms with Crippen molar-refractivity contribution < 1.29 is 45.4 Å². The Morgan fingerprint density at radius 3 is 1.48 bits per heavy atom. The minimum Gasteiger partial charge on any atom is -0.478 e. The van der Waals surface area contributed by atoms with E-state index in [0.29, 0.717) is 19.3 Å². The van der Waals surface area contributed by atoms with Crippen LogP contribution in [0.3, 0.4) is 0 Å². The third kappa shape index (κ3) is 9.44. The number of hydrogen-bond acceptors (Lipinski definition) is 2. The molecule has 0 aliphatic carbocycles. The van der Waals surface area contributed by atoms with Crippen molar-refractivity contribution in [1.29, 1.82) is 0 Å². The number of alkyl halides is 7. The lowest BCUT2D eigenvalue weighted by atomic mass is 10.0. The SMILES string of the molecule is C=C(CCCCCCCCCCCOC(F)(C(F)(F)F)C(F)(F)F)C(=O)O. The summed E-state index contributed by atoms with van der Waals surface area (Å²) in [6.07, 6.45) is -6.12. The van der Waals surface area contributed by atoms with Crippen molar-refractivity contribution in [3.63, 3.8) is 0 Å². The highest BCUT2D eigenvalue weighted by Gasteiger charge is 2.74. The van der Waals surface area contributed by atoms with E-state index in [4.69, 9.17) is 5.11 Å². The second-order valence-electron chi connectivity index (χ2n) is 6.28. The van der Waals surface area contributed by atoms with Gasteiger partial charge in [0.1, 0.15) is 0 Å². The minimum atomic E-state index is -6.18. The molecule has 0 saturated heterocycles. The molecule has 1 N–H and O–H groups in total. The van der Waals surface area contributed by atoms with Crippen molar-refractivity contribution in [1.82, 2.24) is 0 Å². The highest BCUT2D eigenvalue weighted by molar-refractivity contribution is 5.85. The van der Waals surface area contributed by atoms with Crippen molar-refractivity contribution in [3.8, 4) is 0 Å². The molecule has 0 aromatic rings. The van der Waals surface area contributed by atoms with Gasteiger partial charge < -0.3 is 9.84 Å². The Hall–Kier alpha value is -1.32. The summed E-state index contributed by atoms with van der Waals surface area (Å²) in [5, 5.41) is 8.63. The molecule has 0 heterocycles. The van der Waals surface area contributed by atoms with Gasteiger partial charge in [-0.15, -0.1) is 0 Å².